The molecule has 1 amide bonds. The van der Waals surface area contributed by atoms with Gasteiger partial charge in [0, 0.05) is 11.8 Å². The summed E-state index contributed by atoms with van der Waals surface area (Å²) in [5, 5.41) is 15.4. The highest BCUT2D eigenvalue weighted by Crippen LogP contribution is 2.35. The Morgan fingerprint density at radius 1 is 1.26 bits per heavy atom. The summed E-state index contributed by atoms with van der Waals surface area (Å²) in [7, 11) is 1.27. The standard InChI is InChI=1S/C19H18N4O4/c1-11-9-14(20-17-10-15(19(25)27-2)21-22(11)17)18(24)23(26)16-8-7-12-5-3-4-6-13(12)16/h3-6,9-10,16,26H,7-8H2,1-2H3. The summed E-state index contributed by atoms with van der Waals surface area (Å²) >= 11 is 0. The second-order valence-corrected chi connectivity index (χ2v) is 6.48. The predicted octanol–water partition coefficient (Wildman–Crippen LogP) is 2.34. The summed E-state index contributed by atoms with van der Waals surface area (Å²) in [5.41, 5.74) is 3.21. The van der Waals surface area contributed by atoms with Gasteiger partial charge in [0.15, 0.2) is 11.3 Å². The highest BCUT2D eigenvalue weighted by atomic mass is 16.5. The molecule has 2 aromatic heterocycles. The minimum Gasteiger partial charge on any atom is -0.464 e. The van der Waals surface area contributed by atoms with Crippen molar-refractivity contribution in [3.8, 4) is 0 Å². The largest absolute Gasteiger partial charge is 0.464 e. The third kappa shape index (κ3) is 2.83. The van der Waals surface area contributed by atoms with Crippen LogP contribution in [0.4, 0.5) is 0 Å². The zero-order valence-electron chi connectivity index (χ0n) is 14.9. The molecule has 3 aromatic rings. The lowest BCUT2D eigenvalue weighted by molar-refractivity contribution is -0.0899. The lowest BCUT2D eigenvalue weighted by atomic mass is 10.1. The van der Waals surface area contributed by atoms with Crippen LogP contribution in [0.15, 0.2) is 36.4 Å². The van der Waals surface area contributed by atoms with Crippen LogP contribution in [0.3, 0.4) is 0 Å². The van der Waals surface area contributed by atoms with E-state index >= 15 is 0 Å². The molecule has 0 aliphatic heterocycles. The van der Waals surface area contributed by atoms with Gasteiger partial charge in [0.25, 0.3) is 5.91 Å². The summed E-state index contributed by atoms with van der Waals surface area (Å²) in [6.45, 7) is 1.74. The first-order chi connectivity index (χ1) is 13.0. The zero-order chi connectivity index (χ0) is 19.1. The monoisotopic (exact) mass is 366 g/mol. The molecule has 138 valence electrons. The quantitative estimate of drug-likeness (QED) is 0.434. The smallest absolute Gasteiger partial charge is 0.358 e. The van der Waals surface area contributed by atoms with Gasteiger partial charge in [-0.1, -0.05) is 24.3 Å². The average molecular weight is 366 g/mol. The number of methoxy groups -OCH3 is 1. The molecule has 1 aromatic carbocycles. The molecule has 1 N–H and O–H groups in total. The number of carbonyl (C=O) groups is 2. The molecule has 1 unspecified atom stereocenters. The van der Waals surface area contributed by atoms with Gasteiger partial charge in [-0.25, -0.2) is 19.4 Å². The fraction of sp³-hybridized carbons (Fsp3) is 0.263. The predicted molar refractivity (Wildman–Crippen MR) is 94.5 cm³/mol. The van der Waals surface area contributed by atoms with Crippen LogP contribution in [-0.2, 0) is 11.2 Å². The van der Waals surface area contributed by atoms with Crippen LogP contribution >= 0.6 is 0 Å². The Morgan fingerprint density at radius 2 is 2.04 bits per heavy atom. The van der Waals surface area contributed by atoms with E-state index in [-0.39, 0.29) is 11.4 Å². The number of aryl methyl sites for hydroxylation is 2. The first-order valence-corrected chi connectivity index (χ1v) is 8.55. The van der Waals surface area contributed by atoms with Gasteiger partial charge in [0.2, 0.25) is 0 Å². The van der Waals surface area contributed by atoms with Gasteiger partial charge >= 0.3 is 5.97 Å². The number of fused-ring (bicyclic) bond motifs is 2. The maximum Gasteiger partial charge on any atom is 0.358 e. The molecular formula is C19H18N4O4. The summed E-state index contributed by atoms with van der Waals surface area (Å²) in [4.78, 5) is 28.8. The first kappa shape index (κ1) is 17.2. The van der Waals surface area contributed by atoms with E-state index in [2.05, 4.69) is 14.8 Å². The van der Waals surface area contributed by atoms with E-state index in [4.69, 9.17) is 0 Å². The van der Waals surface area contributed by atoms with Gasteiger partial charge in [-0.3, -0.25) is 10.0 Å². The Hall–Kier alpha value is -3.26. The minimum atomic E-state index is -0.594. The molecule has 4 rings (SSSR count). The number of nitrogens with zero attached hydrogens (tertiary/aromatic N) is 4. The molecule has 0 saturated heterocycles. The van der Waals surface area contributed by atoms with Crippen molar-refractivity contribution in [3.05, 3.63) is 64.6 Å². The topological polar surface area (TPSA) is 97.0 Å². The summed E-state index contributed by atoms with van der Waals surface area (Å²) in [6, 6.07) is 10.3. The van der Waals surface area contributed by atoms with Gasteiger partial charge in [-0.2, -0.15) is 5.10 Å². The summed E-state index contributed by atoms with van der Waals surface area (Å²) in [6.07, 6.45) is 1.46. The second kappa shape index (κ2) is 6.48. The van der Waals surface area contributed by atoms with E-state index in [1.807, 2.05) is 24.3 Å². The van der Waals surface area contributed by atoms with E-state index in [1.165, 1.54) is 23.8 Å². The van der Waals surface area contributed by atoms with E-state index < -0.39 is 17.9 Å². The number of hydroxylamine groups is 2. The number of aromatic nitrogens is 3. The van der Waals surface area contributed by atoms with Crippen LogP contribution in [0.5, 0.6) is 0 Å². The van der Waals surface area contributed by atoms with Crippen molar-refractivity contribution in [2.24, 2.45) is 0 Å². The SMILES string of the molecule is COC(=O)c1cc2nc(C(=O)N(O)C3CCc4ccccc43)cc(C)n2n1. The van der Waals surface area contributed by atoms with Crippen LogP contribution in [0.25, 0.3) is 5.65 Å². The van der Waals surface area contributed by atoms with Gasteiger partial charge in [-0.05, 0) is 37.0 Å². The number of hydrogen-bond donors (Lipinski definition) is 1. The van der Waals surface area contributed by atoms with Crippen molar-refractivity contribution < 1.29 is 19.5 Å². The molecule has 8 nitrogen and oxygen atoms in total. The molecule has 1 aliphatic carbocycles. The number of amides is 1. The molecule has 0 spiro atoms. The molecule has 8 heteroatoms. The van der Waals surface area contributed by atoms with Crippen molar-refractivity contribution in [1.82, 2.24) is 19.7 Å². The van der Waals surface area contributed by atoms with Crippen LogP contribution in [0.2, 0.25) is 0 Å². The lowest BCUT2D eigenvalue weighted by Crippen LogP contribution is -2.31. The number of hydrogen-bond acceptors (Lipinski definition) is 6. The average Bonchev–Trinajstić information content (AvgIpc) is 3.30. The fourth-order valence-corrected chi connectivity index (χ4v) is 3.49. The van der Waals surface area contributed by atoms with Gasteiger partial charge in [0.05, 0.1) is 13.2 Å². The van der Waals surface area contributed by atoms with Crippen molar-refractivity contribution in [2.75, 3.05) is 7.11 Å². The van der Waals surface area contributed by atoms with Crippen molar-refractivity contribution in [1.29, 1.82) is 0 Å². The number of ether oxygens (including phenoxy) is 1. The molecule has 0 saturated carbocycles. The molecule has 1 atom stereocenters. The van der Waals surface area contributed by atoms with E-state index in [1.54, 1.807) is 6.92 Å². The Kier molecular flexibility index (Phi) is 4.12. The van der Waals surface area contributed by atoms with Crippen molar-refractivity contribution in [3.63, 3.8) is 0 Å². The van der Waals surface area contributed by atoms with Crippen LogP contribution in [0, 0.1) is 6.92 Å². The molecular weight excluding hydrogens is 348 g/mol. The normalized spacial score (nSPS) is 15.6. The van der Waals surface area contributed by atoms with E-state index in [9.17, 15) is 14.8 Å². The third-order valence-corrected chi connectivity index (χ3v) is 4.82. The molecule has 0 bridgehead atoms. The number of rotatable bonds is 3. The lowest BCUT2D eigenvalue weighted by Gasteiger charge is -2.22. The Labute approximate surface area is 155 Å². The molecule has 27 heavy (non-hydrogen) atoms. The Morgan fingerprint density at radius 3 is 2.81 bits per heavy atom. The maximum atomic E-state index is 12.8. The second-order valence-electron chi connectivity index (χ2n) is 6.48. The van der Waals surface area contributed by atoms with Gasteiger partial charge in [-0.15, -0.1) is 0 Å². The summed E-state index contributed by atoms with van der Waals surface area (Å²) in [5.74, 6) is -1.18. The van der Waals surface area contributed by atoms with Gasteiger partial charge < -0.3 is 4.74 Å². The molecule has 0 fully saturated rings. The van der Waals surface area contributed by atoms with E-state index in [0.29, 0.717) is 17.8 Å². The Balaban J connectivity index is 1.67. The highest BCUT2D eigenvalue weighted by Gasteiger charge is 2.31. The van der Waals surface area contributed by atoms with Crippen LogP contribution < -0.4 is 0 Å². The number of carbonyl (C=O) groups excluding carboxylic acids is 2. The van der Waals surface area contributed by atoms with E-state index in [0.717, 1.165) is 22.6 Å². The zero-order valence-corrected chi connectivity index (χ0v) is 14.9. The van der Waals surface area contributed by atoms with Crippen LogP contribution in [-0.4, -0.2) is 43.9 Å². The molecule has 0 radical (unpaired) electrons. The maximum absolute atomic E-state index is 12.8. The molecule has 1 aliphatic rings. The third-order valence-electron chi connectivity index (χ3n) is 4.82. The number of benzene rings is 1. The Bertz CT molecular complexity index is 1060. The number of esters is 1. The highest BCUT2D eigenvalue weighted by molar-refractivity contribution is 5.93. The van der Waals surface area contributed by atoms with Crippen molar-refractivity contribution in [2.45, 2.75) is 25.8 Å². The molecule has 2 heterocycles. The fourth-order valence-electron chi connectivity index (χ4n) is 3.49. The van der Waals surface area contributed by atoms with Crippen molar-refractivity contribution >= 4 is 17.5 Å². The van der Waals surface area contributed by atoms with Gasteiger partial charge in [0.1, 0.15) is 5.69 Å². The van der Waals surface area contributed by atoms with Crippen LogP contribution in [0.1, 0.15) is 50.3 Å². The first-order valence-electron chi connectivity index (χ1n) is 8.55. The summed E-state index contributed by atoms with van der Waals surface area (Å²) < 4.78 is 6.12. The minimum absolute atomic E-state index is 0.0863.